The van der Waals surface area contributed by atoms with Gasteiger partial charge in [0.1, 0.15) is 0 Å². The summed E-state index contributed by atoms with van der Waals surface area (Å²) in [6.07, 6.45) is 3.10. The van der Waals surface area contributed by atoms with E-state index in [-0.39, 0.29) is 11.8 Å². The lowest BCUT2D eigenvalue weighted by Crippen LogP contribution is -2.42. The molecule has 0 saturated carbocycles. The second-order valence-corrected chi connectivity index (χ2v) is 9.06. The topological polar surface area (TPSA) is 95.6 Å². The first kappa shape index (κ1) is 19.1. The highest BCUT2D eigenvalue weighted by Gasteiger charge is 2.34. The fraction of sp³-hybridized carbons (Fsp3) is 0.474. The number of H-pyrrole nitrogens is 1. The Hall–Kier alpha value is -2.23. The van der Waals surface area contributed by atoms with Crippen LogP contribution in [0.15, 0.2) is 41.4 Å². The van der Waals surface area contributed by atoms with Crippen LogP contribution in [-0.4, -0.2) is 73.1 Å². The Labute approximate surface area is 164 Å². The smallest absolute Gasteiger partial charge is 0.257 e. The van der Waals surface area contributed by atoms with E-state index < -0.39 is 10.0 Å². The number of hydrogen-bond acceptors (Lipinski definition) is 5. The monoisotopic (exact) mass is 404 g/mol. The summed E-state index contributed by atoms with van der Waals surface area (Å²) < 4.78 is 32.8. The van der Waals surface area contributed by atoms with E-state index in [1.54, 1.807) is 41.4 Å². The maximum absolute atomic E-state index is 13.0. The quantitative estimate of drug-likeness (QED) is 0.832. The van der Waals surface area contributed by atoms with Gasteiger partial charge < -0.3 is 9.64 Å². The van der Waals surface area contributed by atoms with Gasteiger partial charge in [-0.3, -0.25) is 9.89 Å². The summed E-state index contributed by atoms with van der Waals surface area (Å²) in [5.74, 6) is -0.162. The van der Waals surface area contributed by atoms with E-state index in [1.165, 1.54) is 4.31 Å². The highest BCUT2D eigenvalue weighted by molar-refractivity contribution is 7.89. The molecule has 2 aliphatic heterocycles. The van der Waals surface area contributed by atoms with Crippen molar-refractivity contribution in [2.24, 2.45) is 0 Å². The maximum atomic E-state index is 13.0. The third-order valence-electron chi connectivity index (χ3n) is 5.37. The van der Waals surface area contributed by atoms with Gasteiger partial charge in [-0.05, 0) is 25.0 Å². The summed E-state index contributed by atoms with van der Waals surface area (Å²) in [6.45, 7) is 3.00. The number of ether oxygens (including phenoxy) is 1. The molecular formula is C19H24N4O4S. The molecule has 1 amide bonds. The Balaban J connectivity index is 1.54. The third kappa shape index (κ3) is 3.69. The van der Waals surface area contributed by atoms with Gasteiger partial charge >= 0.3 is 0 Å². The molecule has 1 aromatic heterocycles. The first-order chi connectivity index (χ1) is 13.6. The Morgan fingerprint density at radius 3 is 2.64 bits per heavy atom. The first-order valence-corrected chi connectivity index (χ1v) is 11.0. The first-order valence-electron chi connectivity index (χ1n) is 9.53. The van der Waals surface area contributed by atoms with Gasteiger partial charge in [-0.1, -0.05) is 18.2 Å². The Morgan fingerprint density at radius 2 is 1.89 bits per heavy atom. The summed E-state index contributed by atoms with van der Waals surface area (Å²) in [7, 11) is -3.55. The molecule has 8 nitrogen and oxygen atoms in total. The number of carbonyl (C=O) groups excluding carboxylic acids is 1. The van der Waals surface area contributed by atoms with Gasteiger partial charge in [0.25, 0.3) is 5.91 Å². The summed E-state index contributed by atoms with van der Waals surface area (Å²) in [5, 5.41) is 7.04. The zero-order chi connectivity index (χ0) is 19.6. The zero-order valence-electron chi connectivity index (χ0n) is 15.6. The van der Waals surface area contributed by atoms with Crippen LogP contribution in [0, 0.1) is 0 Å². The minimum Gasteiger partial charge on any atom is -0.378 e. The molecule has 0 unspecified atom stereocenters. The number of hydrogen-bond donors (Lipinski definition) is 1. The van der Waals surface area contributed by atoms with Crippen molar-refractivity contribution in [3.63, 3.8) is 0 Å². The van der Waals surface area contributed by atoms with Crippen LogP contribution < -0.4 is 0 Å². The van der Waals surface area contributed by atoms with Crippen molar-refractivity contribution in [2.45, 2.75) is 23.7 Å². The van der Waals surface area contributed by atoms with Crippen molar-refractivity contribution in [3.05, 3.63) is 47.8 Å². The highest BCUT2D eigenvalue weighted by Crippen LogP contribution is 2.31. The molecule has 0 bridgehead atoms. The van der Waals surface area contributed by atoms with E-state index >= 15 is 0 Å². The lowest BCUT2D eigenvalue weighted by molar-refractivity contribution is 0.0301. The molecular weight excluding hydrogens is 380 g/mol. The standard InChI is InChI=1S/C19H24N4O4S/c24-19(22-9-11-27-12-10-22)17-13-20-21-18(17)15-5-4-8-23(14-15)28(25,26)16-6-2-1-3-7-16/h1-3,6-7,13,15H,4-5,8-12,14H2,(H,20,21)/t15-/m0/s1. The number of piperidine rings is 1. The van der Waals surface area contributed by atoms with Crippen molar-refractivity contribution < 1.29 is 17.9 Å². The van der Waals surface area contributed by atoms with Gasteiger partial charge in [0, 0.05) is 32.1 Å². The minimum absolute atomic E-state index is 0.0740. The van der Waals surface area contributed by atoms with Gasteiger partial charge in [0.2, 0.25) is 10.0 Å². The van der Waals surface area contributed by atoms with Crippen molar-refractivity contribution >= 4 is 15.9 Å². The molecule has 1 aromatic carbocycles. The number of aromatic amines is 1. The Kier molecular flexibility index (Phi) is 5.47. The molecule has 0 spiro atoms. The molecule has 2 aromatic rings. The van der Waals surface area contributed by atoms with Crippen LogP contribution in [0.1, 0.15) is 34.8 Å². The number of rotatable bonds is 4. The van der Waals surface area contributed by atoms with Crippen LogP contribution in [0.2, 0.25) is 0 Å². The molecule has 2 aliphatic rings. The molecule has 0 radical (unpaired) electrons. The van der Waals surface area contributed by atoms with Crippen molar-refractivity contribution in [1.29, 1.82) is 0 Å². The second kappa shape index (κ2) is 8.02. The molecule has 0 aliphatic carbocycles. The third-order valence-corrected chi connectivity index (χ3v) is 7.25. The van der Waals surface area contributed by atoms with E-state index in [2.05, 4.69) is 10.2 Å². The Morgan fingerprint density at radius 1 is 1.14 bits per heavy atom. The number of nitrogens with zero attached hydrogens (tertiary/aromatic N) is 3. The lowest BCUT2D eigenvalue weighted by Gasteiger charge is -2.32. The average molecular weight is 404 g/mol. The van der Waals surface area contributed by atoms with Crippen molar-refractivity contribution in [1.82, 2.24) is 19.4 Å². The second-order valence-electron chi connectivity index (χ2n) is 7.12. The van der Waals surface area contributed by atoms with Crippen LogP contribution in [-0.2, 0) is 14.8 Å². The largest absolute Gasteiger partial charge is 0.378 e. The van der Waals surface area contributed by atoms with E-state index in [4.69, 9.17) is 4.74 Å². The summed E-state index contributed by atoms with van der Waals surface area (Å²) in [6, 6.07) is 8.47. The Bertz CT molecular complexity index is 922. The van der Waals surface area contributed by atoms with Crippen LogP contribution >= 0.6 is 0 Å². The van der Waals surface area contributed by atoms with Crippen LogP contribution in [0.25, 0.3) is 0 Å². The van der Waals surface area contributed by atoms with Crippen molar-refractivity contribution in [2.75, 3.05) is 39.4 Å². The molecule has 1 N–H and O–H groups in total. The summed E-state index contributed by atoms with van der Waals surface area (Å²) in [5.41, 5.74) is 1.26. The average Bonchev–Trinajstić information content (AvgIpc) is 3.24. The molecule has 28 heavy (non-hydrogen) atoms. The predicted molar refractivity (Wildman–Crippen MR) is 102 cm³/mol. The zero-order valence-corrected chi connectivity index (χ0v) is 16.4. The van der Waals surface area contributed by atoms with Gasteiger partial charge in [0.05, 0.1) is 35.6 Å². The number of morpholine rings is 1. The van der Waals surface area contributed by atoms with Gasteiger partial charge in [0.15, 0.2) is 0 Å². The van der Waals surface area contributed by atoms with E-state index in [0.29, 0.717) is 49.9 Å². The van der Waals surface area contributed by atoms with E-state index in [1.807, 2.05) is 0 Å². The SMILES string of the molecule is O=C(c1cn[nH]c1[C@H]1CCCN(S(=O)(=O)c2ccccc2)C1)N1CCOCC1. The number of sulfonamides is 1. The predicted octanol–water partition coefficient (Wildman–Crippen LogP) is 1.45. The number of nitrogens with one attached hydrogen (secondary N) is 1. The van der Waals surface area contributed by atoms with Gasteiger partial charge in [-0.15, -0.1) is 0 Å². The minimum atomic E-state index is -3.55. The molecule has 4 rings (SSSR count). The normalized spacial score (nSPS) is 21.6. The van der Waals surface area contributed by atoms with Crippen molar-refractivity contribution in [3.8, 4) is 0 Å². The molecule has 2 fully saturated rings. The van der Waals surface area contributed by atoms with Gasteiger partial charge in [-0.25, -0.2) is 8.42 Å². The molecule has 1 atom stereocenters. The van der Waals surface area contributed by atoms with Gasteiger partial charge in [-0.2, -0.15) is 9.40 Å². The molecule has 3 heterocycles. The highest BCUT2D eigenvalue weighted by atomic mass is 32.2. The number of benzene rings is 1. The van der Waals surface area contributed by atoms with E-state index in [9.17, 15) is 13.2 Å². The van der Waals surface area contributed by atoms with Crippen LogP contribution in [0.5, 0.6) is 0 Å². The number of amides is 1. The molecule has 9 heteroatoms. The number of carbonyl (C=O) groups is 1. The number of aromatic nitrogens is 2. The summed E-state index contributed by atoms with van der Waals surface area (Å²) >= 11 is 0. The van der Waals surface area contributed by atoms with Crippen LogP contribution in [0.4, 0.5) is 0 Å². The van der Waals surface area contributed by atoms with E-state index in [0.717, 1.165) is 18.5 Å². The summed E-state index contributed by atoms with van der Waals surface area (Å²) in [4.78, 5) is 15.0. The fourth-order valence-corrected chi connectivity index (χ4v) is 5.40. The molecule has 150 valence electrons. The maximum Gasteiger partial charge on any atom is 0.257 e. The van der Waals surface area contributed by atoms with Crippen LogP contribution in [0.3, 0.4) is 0 Å². The molecule has 2 saturated heterocycles. The lowest BCUT2D eigenvalue weighted by atomic mass is 9.93. The fourth-order valence-electron chi connectivity index (χ4n) is 3.85.